The second-order valence-electron chi connectivity index (χ2n) is 8.19. The quantitative estimate of drug-likeness (QED) is 0.197. The van der Waals surface area contributed by atoms with Crippen LogP contribution >= 0.6 is 0 Å². The number of imidazole rings is 1. The largest absolute Gasteiger partial charge is 0.476 e. The Morgan fingerprint density at radius 2 is 1.86 bits per heavy atom. The Balaban J connectivity index is 1.63. The molecule has 1 aromatic heterocycles. The highest BCUT2D eigenvalue weighted by molar-refractivity contribution is 5.58. The summed E-state index contributed by atoms with van der Waals surface area (Å²) >= 11 is 0. The molecule has 0 aliphatic heterocycles. The summed E-state index contributed by atoms with van der Waals surface area (Å²) in [6, 6.07) is 6.55. The molecule has 4 N–H and O–H groups in total. The van der Waals surface area contributed by atoms with Crippen molar-refractivity contribution < 1.29 is 9.99 Å². The van der Waals surface area contributed by atoms with Crippen LogP contribution in [0.2, 0.25) is 0 Å². The van der Waals surface area contributed by atoms with Crippen LogP contribution in [0.3, 0.4) is 0 Å². The van der Waals surface area contributed by atoms with Crippen molar-refractivity contribution in [3.8, 4) is 0 Å². The first-order valence-electron chi connectivity index (χ1n) is 11.1. The number of quaternary nitrogens is 1. The van der Waals surface area contributed by atoms with Crippen LogP contribution < -0.4 is 20.7 Å². The number of benzene rings is 1. The molecule has 2 rings (SSSR count). The monoisotopic (exact) mass is 402 g/mol. The van der Waals surface area contributed by atoms with Gasteiger partial charge in [0.05, 0.1) is 19.8 Å². The Morgan fingerprint density at radius 1 is 1.10 bits per heavy atom. The van der Waals surface area contributed by atoms with E-state index in [9.17, 15) is 0 Å². The Labute approximate surface area is 177 Å². The lowest BCUT2D eigenvalue weighted by Crippen LogP contribution is -2.86. The van der Waals surface area contributed by atoms with Gasteiger partial charge in [0.2, 0.25) is 0 Å². The highest BCUT2D eigenvalue weighted by Gasteiger charge is 2.15. The number of nitrogen functional groups attached to an aromatic ring is 1. The van der Waals surface area contributed by atoms with E-state index in [0.717, 1.165) is 18.2 Å². The highest BCUT2D eigenvalue weighted by Crippen LogP contribution is 2.18. The van der Waals surface area contributed by atoms with Crippen LogP contribution in [0.15, 0.2) is 30.6 Å². The number of anilines is 2. The molecule has 1 heterocycles. The molecular weight excluding hydrogens is 360 g/mol. The van der Waals surface area contributed by atoms with E-state index < -0.39 is 0 Å². The van der Waals surface area contributed by atoms with Crippen molar-refractivity contribution in [3.63, 3.8) is 0 Å². The molecule has 162 valence electrons. The van der Waals surface area contributed by atoms with Crippen molar-refractivity contribution in [2.45, 2.75) is 52.4 Å². The molecule has 2 aromatic rings. The molecule has 1 aromatic carbocycles. The van der Waals surface area contributed by atoms with Crippen molar-refractivity contribution in [2.24, 2.45) is 14.1 Å². The summed E-state index contributed by atoms with van der Waals surface area (Å²) in [4.78, 5) is 2.47. The van der Waals surface area contributed by atoms with Crippen molar-refractivity contribution in [3.05, 3.63) is 36.2 Å². The Hall–Kier alpha value is -2.05. The van der Waals surface area contributed by atoms with E-state index in [1.54, 1.807) is 0 Å². The average Bonchev–Trinajstić information content (AvgIpc) is 3.02. The molecule has 0 aliphatic rings. The Morgan fingerprint density at radius 3 is 2.55 bits per heavy atom. The lowest BCUT2D eigenvalue weighted by Gasteiger charge is -2.15. The molecule has 6 heteroatoms. The summed E-state index contributed by atoms with van der Waals surface area (Å²) in [7, 11) is 6.35. The van der Waals surface area contributed by atoms with E-state index in [4.69, 9.17) is 0 Å². The maximum Gasteiger partial charge on any atom is 0.476 e. The van der Waals surface area contributed by atoms with Gasteiger partial charge in [-0.3, -0.25) is 0 Å². The van der Waals surface area contributed by atoms with Crippen LogP contribution in [-0.2, 0) is 14.1 Å². The maximum atomic E-state index is 3.57. The zero-order valence-electron chi connectivity index (χ0n) is 19.2. The second kappa shape index (κ2) is 12.5. The molecule has 0 unspecified atom stereocenters. The Bertz CT molecular complexity index is 705. The molecule has 0 aliphatic carbocycles. The Kier molecular flexibility index (Phi) is 10.0. The van der Waals surface area contributed by atoms with Gasteiger partial charge in [-0.05, 0) is 70.1 Å². The molecular formula is C23H42N6+2. The van der Waals surface area contributed by atoms with Gasteiger partial charge in [-0.2, -0.15) is 9.13 Å². The molecule has 0 amide bonds. The van der Waals surface area contributed by atoms with E-state index >= 15 is 0 Å². The standard InChI is InChI=1S/C23H40N6/c1-6-7-15-27(3)16-11-9-8-10-14-24-21-12-13-22(20(2)19-21)25-26-23-28(4)17-18-29(23)5/h12-13,17-19,24-25H,6-11,14-16H2,1-5H3/p+2. The molecule has 29 heavy (non-hydrogen) atoms. The van der Waals surface area contributed by atoms with Gasteiger partial charge in [-0.25, -0.2) is 5.43 Å². The highest BCUT2D eigenvalue weighted by atomic mass is 15.4. The van der Waals surface area contributed by atoms with Gasteiger partial charge in [0.25, 0.3) is 0 Å². The molecule has 0 bridgehead atoms. The molecule has 0 radical (unpaired) electrons. The number of rotatable bonds is 14. The first-order valence-corrected chi connectivity index (χ1v) is 11.1. The van der Waals surface area contributed by atoms with Crippen LogP contribution in [0.25, 0.3) is 0 Å². The predicted molar refractivity (Wildman–Crippen MR) is 122 cm³/mol. The SMILES string of the molecule is CCCCN(C)CCCCCCNc1ccc(N[NH2+]c2n(C)cc[n+]2C)c(C)c1. The van der Waals surface area contributed by atoms with Gasteiger partial charge < -0.3 is 10.2 Å². The number of hydrogen-bond acceptors (Lipinski definition) is 3. The normalized spacial score (nSPS) is 11.2. The average molecular weight is 403 g/mol. The minimum Gasteiger partial charge on any atom is -0.385 e. The van der Waals surface area contributed by atoms with Crippen molar-refractivity contribution in [1.29, 1.82) is 0 Å². The van der Waals surface area contributed by atoms with E-state index in [0.29, 0.717) is 0 Å². The van der Waals surface area contributed by atoms with E-state index in [1.807, 2.05) is 0 Å². The van der Waals surface area contributed by atoms with E-state index in [2.05, 4.69) is 95.8 Å². The third-order valence-corrected chi connectivity index (χ3v) is 5.51. The number of nitrogens with zero attached hydrogens (tertiary/aromatic N) is 3. The third kappa shape index (κ3) is 8.07. The summed E-state index contributed by atoms with van der Waals surface area (Å²) in [5.74, 6) is 1.13. The predicted octanol–water partition coefficient (Wildman–Crippen LogP) is 3.08. The molecule has 0 fully saturated rings. The van der Waals surface area contributed by atoms with Crippen LogP contribution in [0.5, 0.6) is 0 Å². The van der Waals surface area contributed by atoms with Gasteiger partial charge >= 0.3 is 5.95 Å². The minimum absolute atomic E-state index is 1.04. The smallest absolute Gasteiger partial charge is 0.385 e. The van der Waals surface area contributed by atoms with E-state index in [1.165, 1.54) is 62.9 Å². The number of nitrogens with two attached hydrogens (primary N) is 1. The van der Waals surface area contributed by atoms with Gasteiger partial charge in [0.15, 0.2) is 0 Å². The summed E-state index contributed by atoms with van der Waals surface area (Å²) in [6.07, 6.45) is 11.9. The zero-order chi connectivity index (χ0) is 21.1. The summed E-state index contributed by atoms with van der Waals surface area (Å²) < 4.78 is 4.20. The third-order valence-electron chi connectivity index (χ3n) is 5.51. The van der Waals surface area contributed by atoms with Crippen LogP contribution in [-0.4, -0.2) is 36.1 Å². The fraction of sp³-hybridized carbons (Fsp3) is 0.609. The topological polar surface area (TPSA) is 52.7 Å². The van der Waals surface area contributed by atoms with Crippen molar-refractivity contribution in [2.75, 3.05) is 37.4 Å². The molecule has 0 saturated heterocycles. The van der Waals surface area contributed by atoms with Gasteiger partial charge in [0.1, 0.15) is 12.4 Å². The molecule has 0 spiro atoms. The van der Waals surface area contributed by atoms with Crippen LogP contribution in [0, 0.1) is 6.92 Å². The van der Waals surface area contributed by atoms with Crippen LogP contribution in [0.4, 0.5) is 17.3 Å². The lowest BCUT2D eigenvalue weighted by atomic mass is 10.1. The van der Waals surface area contributed by atoms with Gasteiger partial charge in [-0.15, -0.1) is 5.43 Å². The maximum absolute atomic E-state index is 3.57. The van der Waals surface area contributed by atoms with Crippen LogP contribution in [0.1, 0.15) is 51.0 Å². The molecule has 6 nitrogen and oxygen atoms in total. The first-order chi connectivity index (χ1) is 14.0. The number of hydrogen-bond donors (Lipinski definition) is 3. The number of nitrogens with one attached hydrogen (secondary N) is 2. The fourth-order valence-corrected chi connectivity index (χ4v) is 3.52. The van der Waals surface area contributed by atoms with Gasteiger partial charge in [0, 0.05) is 12.2 Å². The zero-order valence-corrected chi connectivity index (χ0v) is 19.2. The minimum atomic E-state index is 1.04. The van der Waals surface area contributed by atoms with Gasteiger partial charge in [-0.1, -0.05) is 26.2 Å². The summed E-state index contributed by atoms with van der Waals surface area (Å²) in [5.41, 5.74) is 9.08. The summed E-state index contributed by atoms with van der Waals surface area (Å²) in [5, 5.41) is 3.57. The lowest BCUT2D eigenvalue weighted by molar-refractivity contribution is -0.753. The number of unbranched alkanes of at least 4 members (excludes halogenated alkanes) is 4. The molecule has 0 atom stereocenters. The van der Waals surface area contributed by atoms with E-state index in [-0.39, 0.29) is 0 Å². The molecule has 0 saturated carbocycles. The summed E-state index contributed by atoms with van der Waals surface area (Å²) in [6.45, 7) is 7.93. The number of aromatic nitrogens is 2. The second-order valence-corrected chi connectivity index (χ2v) is 8.19. The number of aryl methyl sites for hydroxylation is 3. The van der Waals surface area contributed by atoms with Crippen molar-refractivity contribution >= 4 is 17.3 Å². The fourth-order valence-electron chi connectivity index (χ4n) is 3.52. The first kappa shape index (κ1) is 23.2. The van der Waals surface area contributed by atoms with Crippen molar-refractivity contribution in [1.82, 2.24) is 9.47 Å².